The summed E-state index contributed by atoms with van der Waals surface area (Å²) >= 11 is 6.08. The van der Waals surface area contributed by atoms with E-state index in [0.717, 1.165) is 30.2 Å². The number of carboxylic acids is 1. The van der Waals surface area contributed by atoms with Crippen LogP contribution >= 0.6 is 11.6 Å². The number of rotatable bonds is 4. The molecule has 1 aliphatic carbocycles. The van der Waals surface area contributed by atoms with Crippen molar-refractivity contribution in [1.82, 2.24) is 19.9 Å². The number of halogens is 1. The van der Waals surface area contributed by atoms with Crippen LogP contribution in [0.2, 0.25) is 5.02 Å². The maximum Gasteiger partial charge on any atom is 0.306 e. The quantitative estimate of drug-likeness (QED) is 0.690. The van der Waals surface area contributed by atoms with Crippen LogP contribution in [0.25, 0.3) is 22.3 Å². The maximum absolute atomic E-state index is 11.6. The zero-order valence-electron chi connectivity index (χ0n) is 15.0. The highest BCUT2D eigenvalue weighted by molar-refractivity contribution is 6.31. The monoisotopic (exact) mass is 395 g/mol. The zero-order valence-corrected chi connectivity index (χ0v) is 15.8. The molecule has 0 radical (unpaired) electrons. The van der Waals surface area contributed by atoms with E-state index in [1.54, 1.807) is 18.5 Å². The topological polar surface area (TPSA) is 116 Å². The highest BCUT2D eigenvalue weighted by Crippen LogP contribution is 2.34. The van der Waals surface area contributed by atoms with Crippen molar-refractivity contribution in [1.29, 1.82) is 5.26 Å². The minimum atomic E-state index is -0.754. The lowest BCUT2D eigenvalue weighted by molar-refractivity contribution is -0.144. The highest BCUT2D eigenvalue weighted by Gasteiger charge is 2.31. The molecule has 4 rings (SSSR count). The van der Waals surface area contributed by atoms with Gasteiger partial charge in [0.05, 0.1) is 22.2 Å². The number of aromatic amines is 1. The summed E-state index contributed by atoms with van der Waals surface area (Å²) in [6.45, 7) is 0. The molecule has 0 aromatic carbocycles. The third-order valence-electron chi connectivity index (χ3n) is 5.38. The molecule has 2 atom stereocenters. The summed E-state index contributed by atoms with van der Waals surface area (Å²) in [5.74, 6) is -0.564. The molecule has 1 fully saturated rings. The van der Waals surface area contributed by atoms with Gasteiger partial charge in [-0.05, 0) is 24.8 Å². The predicted octanol–water partition coefficient (Wildman–Crippen LogP) is 3.98. The van der Waals surface area contributed by atoms with E-state index in [1.165, 1.54) is 6.20 Å². The van der Waals surface area contributed by atoms with Crippen LogP contribution in [0.3, 0.4) is 0 Å². The number of carboxylic acid groups (broad SMARTS) is 1. The van der Waals surface area contributed by atoms with Crippen LogP contribution in [0, 0.1) is 23.2 Å². The SMILES string of the molecule is N#Cc1cnc(C[C@H]2CCCC[C@@H]2C(=O)O)nc1-c1c[nH]c2ncc(Cl)cc12. The van der Waals surface area contributed by atoms with Crippen LogP contribution < -0.4 is 0 Å². The molecule has 0 aliphatic heterocycles. The third kappa shape index (κ3) is 3.43. The average Bonchev–Trinajstić information content (AvgIpc) is 3.11. The number of H-pyrrole nitrogens is 1. The number of nitrogens with one attached hydrogen (secondary N) is 1. The first-order valence-corrected chi connectivity index (χ1v) is 9.56. The fraction of sp³-hybridized carbons (Fsp3) is 0.350. The molecular formula is C20H18ClN5O2. The van der Waals surface area contributed by atoms with E-state index in [1.807, 2.05) is 0 Å². The molecule has 28 heavy (non-hydrogen) atoms. The van der Waals surface area contributed by atoms with Gasteiger partial charge in [0, 0.05) is 36.0 Å². The number of carbonyl (C=O) groups is 1. The number of aliphatic carboxylic acids is 1. The molecule has 1 saturated carbocycles. The minimum absolute atomic E-state index is 0.00566. The van der Waals surface area contributed by atoms with E-state index in [-0.39, 0.29) is 11.8 Å². The van der Waals surface area contributed by atoms with Gasteiger partial charge in [-0.1, -0.05) is 24.4 Å². The molecule has 8 heteroatoms. The van der Waals surface area contributed by atoms with Gasteiger partial charge >= 0.3 is 5.97 Å². The fourth-order valence-corrected chi connectivity index (χ4v) is 4.15. The molecule has 3 heterocycles. The number of aromatic nitrogens is 4. The van der Waals surface area contributed by atoms with Gasteiger partial charge < -0.3 is 10.1 Å². The van der Waals surface area contributed by atoms with Crippen molar-refractivity contribution < 1.29 is 9.90 Å². The van der Waals surface area contributed by atoms with Crippen LogP contribution in [0.5, 0.6) is 0 Å². The lowest BCUT2D eigenvalue weighted by Gasteiger charge is -2.28. The van der Waals surface area contributed by atoms with Gasteiger partial charge in [0.15, 0.2) is 0 Å². The molecule has 0 saturated heterocycles. The number of nitriles is 1. The number of fused-ring (bicyclic) bond motifs is 1. The third-order valence-corrected chi connectivity index (χ3v) is 5.59. The molecule has 0 spiro atoms. The average molecular weight is 396 g/mol. The fourth-order valence-electron chi connectivity index (χ4n) is 3.99. The van der Waals surface area contributed by atoms with E-state index in [0.29, 0.717) is 40.6 Å². The number of nitrogens with zero attached hydrogens (tertiary/aromatic N) is 4. The lowest BCUT2D eigenvalue weighted by atomic mass is 9.77. The van der Waals surface area contributed by atoms with E-state index in [2.05, 4.69) is 26.0 Å². The van der Waals surface area contributed by atoms with Crippen molar-refractivity contribution in [2.24, 2.45) is 11.8 Å². The summed E-state index contributed by atoms with van der Waals surface area (Å²) < 4.78 is 0. The Morgan fingerprint density at radius 2 is 2.14 bits per heavy atom. The first-order valence-electron chi connectivity index (χ1n) is 9.18. The van der Waals surface area contributed by atoms with Gasteiger partial charge in [-0.25, -0.2) is 15.0 Å². The largest absolute Gasteiger partial charge is 0.481 e. The molecule has 2 N–H and O–H groups in total. The minimum Gasteiger partial charge on any atom is -0.481 e. The van der Waals surface area contributed by atoms with Gasteiger partial charge in [-0.3, -0.25) is 4.79 Å². The van der Waals surface area contributed by atoms with Gasteiger partial charge in [0.1, 0.15) is 17.5 Å². The Morgan fingerprint density at radius 1 is 1.32 bits per heavy atom. The van der Waals surface area contributed by atoms with Gasteiger partial charge in [-0.15, -0.1) is 0 Å². The second kappa shape index (κ2) is 7.56. The van der Waals surface area contributed by atoms with Crippen LogP contribution in [-0.4, -0.2) is 31.0 Å². The highest BCUT2D eigenvalue weighted by atomic mass is 35.5. The second-order valence-corrected chi connectivity index (χ2v) is 7.54. The molecule has 0 amide bonds. The van der Waals surface area contributed by atoms with Crippen molar-refractivity contribution in [2.75, 3.05) is 0 Å². The van der Waals surface area contributed by atoms with Crippen molar-refractivity contribution >= 4 is 28.6 Å². The molecule has 142 valence electrons. The van der Waals surface area contributed by atoms with E-state index in [4.69, 9.17) is 11.6 Å². The normalized spacial score (nSPS) is 19.4. The first kappa shape index (κ1) is 18.4. The molecular weight excluding hydrogens is 378 g/mol. The Labute approximate surface area is 166 Å². The Balaban J connectivity index is 1.73. The Morgan fingerprint density at radius 3 is 2.93 bits per heavy atom. The lowest BCUT2D eigenvalue weighted by Crippen LogP contribution is -2.29. The summed E-state index contributed by atoms with van der Waals surface area (Å²) in [4.78, 5) is 27.9. The second-order valence-electron chi connectivity index (χ2n) is 7.11. The Hall–Kier alpha value is -2.98. The summed E-state index contributed by atoms with van der Waals surface area (Å²) in [7, 11) is 0. The molecule has 0 unspecified atom stereocenters. The zero-order chi connectivity index (χ0) is 19.7. The van der Waals surface area contributed by atoms with Crippen LogP contribution in [0.1, 0.15) is 37.1 Å². The standard InChI is InChI=1S/C20H18ClN5O2/c21-13-6-15-16(10-25-19(15)24-9-13)18-12(7-22)8-23-17(26-18)5-11-3-1-2-4-14(11)20(27)28/h6,8-11,14H,1-5H2,(H,24,25)(H,27,28)/t11-,14+/m1/s1. The predicted molar refractivity (Wildman–Crippen MR) is 104 cm³/mol. The van der Waals surface area contributed by atoms with Crippen molar-refractivity contribution in [3.05, 3.63) is 41.1 Å². The van der Waals surface area contributed by atoms with Crippen molar-refractivity contribution in [2.45, 2.75) is 32.1 Å². The summed E-state index contributed by atoms with van der Waals surface area (Å²) in [5.41, 5.74) is 2.24. The molecule has 1 aliphatic rings. The van der Waals surface area contributed by atoms with E-state index >= 15 is 0 Å². The molecule has 0 bridgehead atoms. The van der Waals surface area contributed by atoms with Crippen molar-refractivity contribution in [3.8, 4) is 17.3 Å². The first-order chi connectivity index (χ1) is 13.6. The van der Waals surface area contributed by atoms with Crippen molar-refractivity contribution in [3.63, 3.8) is 0 Å². The maximum atomic E-state index is 11.6. The number of hydrogen-bond acceptors (Lipinski definition) is 5. The Bertz CT molecular complexity index is 1090. The summed E-state index contributed by atoms with van der Waals surface area (Å²) in [6, 6.07) is 3.91. The van der Waals surface area contributed by atoms with Crippen LogP contribution in [0.15, 0.2) is 24.7 Å². The van der Waals surface area contributed by atoms with Gasteiger partial charge in [-0.2, -0.15) is 5.26 Å². The summed E-state index contributed by atoms with van der Waals surface area (Å²) in [6.07, 6.45) is 8.79. The number of hydrogen-bond donors (Lipinski definition) is 2. The molecule has 3 aromatic rings. The molecule has 3 aromatic heterocycles. The van der Waals surface area contributed by atoms with Gasteiger partial charge in [0.25, 0.3) is 0 Å². The Kier molecular flexibility index (Phi) is 4.97. The van der Waals surface area contributed by atoms with E-state index < -0.39 is 5.97 Å². The van der Waals surface area contributed by atoms with E-state index in [9.17, 15) is 15.2 Å². The summed E-state index contributed by atoms with van der Waals surface area (Å²) in [5, 5.41) is 20.3. The smallest absolute Gasteiger partial charge is 0.306 e. The molecule has 7 nitrogen and oxygen atoms in total. The van der Waals surface area contributed by atoms with Gasteiger partial charge in [0.2, 0.25) is 0 Å². The van der Waals surface area contributed by atoms with Crippen LogP contribution in [0.4, 0.5) is 0 Å². The number of pyridine rings is 1. The van der Waals surface area contributed by atoms with Crippen LogP contribution in [-0.2, 0) is 11.2 Å².